The summed E-state index contributed by atoms with van der Waals surface area (Å²) >= 11 is 0. The first kappa shape index (κ1) is 20.3. The molecule has 6 nitrogen and oxygen atoms in total. The Balaban J connectivity index is 1.54. The van der Waals surface area contributed by atoms with Crippen molar-refractivity contribution >= 4 is 10.0 Å². The average Bonchev–Trinajstić information content (AvgIpc) is 2.78. The third-order valence-corrected chi connectivity index (χ3v) is 6.98. The number of nitrogens with zero attached hydrogens (tertiary/aromatic N) is 1. The van der Waals surface area contributed by atoms with E-state index in [-0.39, 0.29) is 4.90 Å². The topological polar surface area (TPSA) is 65.1 Å². The van der Waals surface area contributed by atoms with Gasteiger partial charge in [0, 0.05) is 13.1 Å². The molecule has 0 saturated carbocycles. The zero-order valence-electron chi connectivity index (χ0n) is 16.9. The van der Waals surface area contributed by atoms with Gasteiger partial charge in [-0.15, -0.1) is 0 Å². The van der Waals surface area contributed by atoms with Crippen LogP contribution in [0.3, 0.4) is 0 Å². The van der Waals surface area contributed by atoms with Crippen molar-refractivity contribution in [2.45, 2.75) is 17.9 Å². The number of rotatable bonds is 6. The Hall–Kier alpha value is -3.03. The van der Waals surface area contributed by atoms with E-state index in [1.165, 1.54) is 4.31 Å². The maximum atomic E-state index is 13.2. The minimum atomic E-state index is -3.62. The lowest BCUT2D eigenvalue weighted by Crippen LogP contribution is -2.36. The molecule has 1 aliphatic heterocycles. The highest BCUT2D eigenvalue weighted by atomic mass is 32.2. The zero-order valence-corrected chi connectivity index (χ0v) is 17.7. The van der Waals surface area contributed by atoms with Gasteiger partial charge in [-0.3, -0.25) is 0 Å². The van der Waals surface area contributed by atoms with Crippen molar-refractivity contribution in [1.82, 2.24) is 4.31 Å². The third-order valence-electron chi connectivity index (χ3n) is 5.12. The predicted molar refractivity (Wildman–Crippen MR) is 114 cm³/mol. The molecular weight excluding hydrogens is 402 g/mol. The van der Waals surface area contributed by atoms with Crippen LogP contribution in [0.15, 0.2) is 71.6 Å². The maximum Gasteiger partial charge on any atom is 0.243 e. The Labute approximate surface area is 176 Å². The van der Waals surface area contributed by atoms with Crippen LogP contribution in [0.1, 0.15) is 11.1 Å². The molecule has 3 aromatic rings. The zero-order chi connectivity index (χ0) is 21.1. The standard InChI is InChI=1S/C23H23NO5S/c1-27-22-14-17-12-13-24(16-18(17)15-23(22)28-2)30(25,26)21-10-8-20(9-11-21)29-19-6-4-3-5-7-19/h3-11,14-15H,12-13,16H2,1-2H3. The molecule has 0 aromatic heterocycles. The third kappa shape index (κ3) is 3.99. The second-order valence-electron chi connectivity index (χ2n) is 6.95. The molecule has 0 saturated heterocycles. The van der Waals surface area contributed by atoms with Gasteiger partial charge in [0.25, 0.3) is 0 Å². The molecule has 0 amide bonds. The Morgan fingerprint density at radius 3 is 2.03 bits per heavy atom. The molecule has 0 spiro atoms. The fourth-order valence-corrected chi connectivity index (χ4v) is 4.93. The fraction of sp³-hybridized carbons (Fsp3) is 0.217. The van der Waals surface area contributed by atoms with Gasteiger partial charge in [0.2, 0.25) is 10.0 Å². The number of fused-ring (bicyclic) bond motifs is 1. The van der Waals surface area contributed by atoms with E-state index in [2.05, 4.69) is 0 Å². The van der Waals surface area contributed by atoms with E-state index in [0.29, 0.717) is 42.5 Å². The van der Waals surface area contributed by atoms with Gasteiger partial charge in [0.1, 0.15) is 11.5 Å². The summed E-state index contributed by atoms with van der Waals surface area (Å²) in [5.41, 5.74) is 2.00. The summed E-state index contributed by atoms with van der Waals surface area (Å²) < 4.78 is 44.3. The lowest BCUT2D eigenvalue weighted by molar-refractivity contribution is 0.348. The van der Waals surface area contributed by atoms with Gasteiger partial charge in [-0.25, -0.2) is 8.42 Å². The largest absolute Gasteiger partial charge is 0.493 e. The first-order valence-electron chi connectivity index (χ1n) is 9.58. The monoisotopic (exact) mass is 425 g/mol. The smallest absolute Gasteiger partial charge is 0.243 e. The minimum Gasteiger partial charge on any atom is -0.493 e. The Bertz CT molecular complexity index is 1130. The first-order chi connectivity index (χ1) is 14.5. The van der Waals surface area contributed by atoms with Gasteiger partial charge in [0.05, 0.1) is 19.1 Å². The highest BCUT2D eigenvalue weighted by Gasteiger charge is 2.29. The normalized spacial score (nSPS) is 14.1. The molecule has 3 aromatic carbocycles. The lowest BCUT2D eigenvalue weighted by atomic mass is 10.0. The molecular formula is C23H23NO5S. The van der Waals surface area contributed by atoms with Gasteiger partial charge in [-0.1, -0.05) is 18.2 Å². The molecule has 0 bridgehead atoms. The quantitative estimate of drug-likeness (QED) is 0.591. The number of hydrogen-bond acceptors (Lipinski definition) is 5. The van der Waals surface area contributed by atoms with Gasteiger partial charge >= 0.3 is 0 Å². The van der Waals surface area contributed by atoms with E-state index < -0.39 is 10.0 Å². The number of ether oxygens (including phenoxy) is 3. The van der Waals surface area contributed by atoms with Crippen molar-refractivity contribution < 1.29 is 22.6 Å². The number of benzene rings is 3. The van der Waals surface area contributed by atoms with Crippen LogP contribution < -0.4 is 14.2 Å². The van der Waals surface area contributed by atoms with Crippen LogP contribution in [0.4, 0.5) is 0 Å². The Morgan fingerprint density at radius 1 is 0.800 bits per heavy atom. The molecule has 0 atom stereocenters. The van der Waals surface area contributed by atoms with Crippen molar-refractivity contribution in [3.8, 4) is 23.0 Å². The summed E-state index contributed by atoms with van der Waals surface area (Å²) in [5, 5.41) is 0. The van der Waals surface area contributed by atoms with E-state index in [1.54, 1.807) is 38.5 Å². The number of methoxy groups -OCH3 is 2. The second kappa shape index (κ2) is 8.38. The maximum absolute atomic E-state index is 13.2. The molecule has 156 valence electrons. The number of hydrogen-bond donors (Lipinski definition) is 0. The predicted octanol–water partition coefficient (Wildman–Crippen LogP) is 4.24. The van der Waals surface area contributed by atoms with Crippen molar-refractivity contribution in [3.05, 3.63) is 77.9 Å². The van der Waals surface area contributed by atoms with Crippen molar-refractivity contribution in [2.24, 2.45) is 0 Å². The van der Waals surface area contributed by atoms with Crippen LogP contribution in [0.2, 0.25) is 0 Å². The summed E-state index contributed by atoms with van der Waals surface area (Å²) in [6.07, 6.45) is 0.615. The average molecular weight is 426 g/mol. The summed E-state index contributed by atoms with van der Waals surface area (Å²) in [7, 11) is -0.462. The second-order valence-corrected chi connectivity index (χ2v) is 8.89. The molecule has 0 N–H and O–H groups in total. The van der Waals surface area contributed by atoms with Crippen molar-refractivity contribution in [1.29, 1.82) is 0 Å². The summed E-state index contributed by atoms with van der Waals surface area (Å²) in [6.45, 7) is 0.702. The molecule has 4 rings (SSSR count). The van der Waals surface area contributed by atoms with Crippen LogP contribution in [0.5, 0.6) is 23.0 Å². The summed E-state index contributed by atoms with van der Waals surface area (Å²) in [6, 6.07) is 19.6. The molecule has 0 aliphatic carbocycles. The molecule has 7 heteroatoms. The van der Waals surface area contributed by atoms with Gasteiger partial charge < -0.3 is 14.2 Å². The van der Waals surface area contributed by atoms with Crippen LogP contribution in [0.25, 0.3) is 0 Å². The molecule has 30 heavy (non-hydrogen) atoms. The van der Waals surface area contributed by atoms with E-state index in [0.717, 1.165) is 11.1 Å². The van der Waals surface area contributed by atoms with Gasteiger partial charge in [0.15, 0.2) is 11.5 Å². The SMILES string of the molecule is COc1cc2c(cc1OC)CN(S(=O)(=O)c1ccc(Oc3ccccc3)cc1)CC2. The fourth-order valence-electron chi connectivity index (χ4n) is 3.52. The van der Waals surface area contributed by atoms with Gasteiger partial charge in [-0.05, 0) is 66.1 Å². The van der Waals surface area contributed by atoms with Crippen LogP contribution >= 0.6 is 0 Å². The van der Waals surface area contributed by atoms with E-state index >= 15 is 0 Å². The molecule has 0 fully saturated rings. The Morgan fingerprint density at radius 2 is 1.40 bits per heavy atom. The Kier molecular flexibility index (Phi) is 5.65. The highest BCUT2D eigenvalue weighted by Crippen LogP contribution is 2.34. The minimum absolute atomic E-state index is 0.242. The molecule has 1 aliphatic rings. The molecule has 0 unspecified atom stereocenters. The van der Waals surface area contributed by atoms with E-state index in [1.807, 2.05) is 42.5 Å². The highest BCUT2D eigenvalue weighted by molar-refractivity contribution is 7.89. The van der Waals surface area contributed by atoms with Crippen LogP contribution in [-0.4, -0.2) is 33.5 Å². The molecule has 0 radical (unpaired) electrons. The van der Waals surface area contributed by atoms with E-state index in [9.17, 15) is 8.42 Å². The van der Waals surface area contributed by atoms with Crippen LogP contribution in [0, 0.1) is 0 Å². The summed E-state index contributed by atoms with van der Waals surface area (Å²) in [5.74, 6) is 2.53. The van der Waals surface area contributed by atoms with Crippen LogP contribution in [-0.2, 0) is 23.0 Å². The summed E-state index contributed by atoms with van der Waals surface area (Å²) in [4.78, 5) is 0.242. The number of sulfonamides is 1. The lowest BCUT2D eigenvalue weighted by Gasteiger charge is -2.29. The first-order valence-corrected chi connectivity index (χ1v) is 11.0. The van der Waals surface area contributed by atoms with Gasteiger partial charge in [-0.2, -0.15) is 4.31 Å². The molecule has 1 heterocycles. The van der Waals surface area contributed by atoms with Crippen molar-refractivity contribution in [2.75, 3.05) is 20.8 Å². The number of para-hydroxylation sites is 1. The van der Waals surface area contributed by atoms with Crippen molar-refractivity contribution in [3.63, 3.8) is 0 Å². The van der Waals surface area contributed by atoms with E-state index in [4.69, 9.17) is 14.2 Å².